The highest BCUT2D eigenvalue weighted by atomic mass is 16.4. The summed E-state index contributed by atoms with van der Waals surface area (Å²) < 4.78 is 0.316. The first kappa shape index (κ1) is 7.06. The molecule has 3 fully saturated rings. The highest BCUT2D eigenvalue weighted by Crippen LogP contribution is 2.19. The zero-order chi connectivity index (χ0) is 7.90. The third-order valence-corrected chi connectivity index (χ3v) is 2.94. The molecule has 0 atom stereocenters. The number of carboxylic acid groups (broad SMARTS) is 1. The van der Waals surface area contributed by atoms with Crippen LogP contribution in [0.1, 0.15) is 0 Å². The van der Waals surface area contributed by atoms with Gasteiger partial charge in [0.05, 0.1) is 0 Å². The van der Waals surface area contributed by atoms with Gasteiger partial charge in [0.1, 0.15) is 19.6 Å². The summed E-state index contributed by atoms with van der Waals surface area (Å²) in [7, 11) is 0. The van der Waals surface area contributed by atoms with Crippen molar-refractivity contribution in [2.75, 3.05) is 39.3 Å². The van der Waals surface area contributed by atoms with E-state index < -0.39 is 6.09 Å². The van der Waals surface area contributed by atoms with Crippen LogP contribution in [0.2, 0.25) is 0 Å². The van der Waals surface area contributed by atoms with Crippen LogP contribution in [-0.4, -0.2) is 59.9 Å². The number of carbonyl (C=O) groups is 1. The number of hydrogen-bond acceptors (Lipinski definition) is 2. The lowest BCUT2D eigenvalue weighted by atomic mass is 10.2. The van der Waals surface area contributed by atoms with Crippen LogP contribution in [0.15, 0.2) is 0 Å². The number of nitrogens with zero attached hydrogens (tertiary/aromatic N) is 2. The second-order valence-corrected chi connectivity index (χ2v) is 3.44. The number of piperazine rings is 3. The van der Waals surface area contributed by atoms with Gasteiger partial charge in [0.25, 0.3) is 0 Å². The molecule has 4 heteroatoms. The van der Waals surface area contributed by atoms with Crippen LogP contribution in [0, 0.1) is 0 Å². The average Bonchev–Trinajstić information content (AvgIpc) is 2.08. The van der Waals surface area contributed by atoms with Gasteiger partial charge in [0.2, 0.25) is 0 Å². The van der Waals surface area contributed by atoms with E-state index in [1.165, 1.54) is 0 Å². The van der Waals surface area contributed by atoms with E-state index in [1.54, 1.807) is 0 Å². The first-order valence-corrected chi connectivity index (χ1v) is 4.05. The Morgan fingerprint density at radius 2 is 1.64 bits per heavy atom. The molecular weight excluding hydrogens is 144 g/mol. The molecule has 1 amide bonds. The zero-order valence-corrected chi connectivity index (χ0v) is 6.49. The zero-order valence-electron chi connectivity index (χ0n) is 6.49. The standard InChI is InChI=1S/C7H12N2O2/c10-7(11)9-4-1-8(2-5-9)3-6-9/h1-6H2/p+1. The van der Waals surface area contributed by atoms with Crippen LogP contribution in [0.25, 0.3) is 0 Å². The van der Waals surface area contributed by atoms with Gasteiger partial charge in [-0.15, -0.1) is 0 Å². The van der Waals surface area contributed by atoms with E-state index in [4.69, 9.17) is 5.11 Å². The molecule has 62 valence electrons. The maximum Gasteiger partial charge on any atom is 0.513 e. The molecule has 3 rings (SSSR count). The first-order chi connectivity index (χ1) is 5.23. The van der Waals surface area contributed by atoms with E-state index in [1.807, 2.05) is 0 Å². The third kappa shape index (κ3) is 0.937. The lowest BCUT2D eigenvalue weighted by Crippen LogP contribution is -2.69. The van der Waals surface area contributed by atoms with E-state index in [9.17, 15) is 4.79 Å². The smallest absolute Gasteiger partial charge is 0.435 e. The molecule has 0 radical (unpaired) electrons. The van der Waals surface area contributed by atoms with Gasteiger partial charge in [-0.2, -0.15) is 4.79 Å². The molecule has 0 aromatic rings. The SMILES string of the molecule is O=C(O)[N+]12CCN(CC1)CC2. The molecule has 0 unspecified atom stereocenters. The first-order valence-electron chi connectivity index (χ1n) is 4.05. The van der Waals surface area contributed by atoms with E-state index in [0.29, 0.717) is 4.48 Å². The van der Waals surface area contributed by atoms with E-state index in [2.05, 4.69) is 4.90 Å². The highest BCUT2D eigenvalue weighted by molar-refractivity contribution is 5.57. The van der Waals surface area contributed by atoms with Crippen LogP contribution >= 0.6 is 0 Å². The quantitative estimate of drug-likeness (QED) is 0.495. The Labute approximate surface area is 65.6 Å². The number of quaternary nitrogens is 1. The molecule has 2 bridgehead atoms. The summed E-state index contributed by atoms with van der Waals surface area (Å²) >= 11 is 0. The van der Waals surface area contributed by atoms with Gasteiger partial charge in [-0.05, 0) is 0 Å². The average molecular weight is 157 g/mol. The summed E-state index contributed by atoms with van der Waals surface area (Å²) in [5.74, 6) is 0. The van der Waals surface area contributed by atoms with Crippen molar-refractivity contribution in [2.45, 2.75) is 0 Å². The van der Waals surface area contributed by atoms with Gasteiger partial charge >= 0.3 is 6.09 Å². The molecule has 0 aromatic heterocycles. The molecule has 3 aliphatic heterocycles. The van der Waals surface area contributed by atoms with Crippen molar-refractivity contribution < 1.29 is 14.4 Å². The Kier molecular flexibility index (Phi) is 1.40. The van der Waals surface area contributed by atoms with Crippen LogP contribution in [0.3, 0.4) is 0 Å². The minimum Gasteiger partial charge on any atom is -0.435 e. The molecular formula is C7H13N2O2+. The van der Waals surface area contributed by atoms with Crippen LogP contribution < -0.4 is 0 Å². The minimum absolute atomic E-state index is 0.316. The number of rotatable bonds is 0. The number of hydrogen-bond donors (Lipinski definition) is 1. The largest absolute Gasteiger partial charge is 0.513 e. The Morgan fingerprint density at radius 1 is 1.18 bits per heavy atom. The van der Waals surface area contributed by atoms with Gasteiger partial charge < -0.3 is 5.11 Å². The molecule has 0 aliphatic carbocycles. The predicted molar refractivity (Wildman–Crippen MR) is 39.3 cm³/mol. The topological polar surface area (TPSA) is 40.5 Å². The Balaban J connectivity index is 2.18. The lowest BCUT2D eigenvalue weighted by molar-refractivity contribution is -0.872. The van der Waals surface area contributed by atoms with Gasteiger partial charge in [-0.1, -0.05) is 0 Å². The van der Waals surface area contributed by atoms with Crippen molar-refractivity contribution in [3.63, 3.8) is 0 Å². The Morgan fingerprint density at radius 3 is 1.91 bits per heavy atom. The van der Waals surface area contributed by atoms with Crippen LogP contribution in [0.4, 0.5) is 4.79 Å². The second-order valence-electron chi connectivity index (χ2n) is 3.44. The van der Waals surface area contributed by atoms with Crippen molar-refractivity contribution >= 4 is 6.09 Å². The van der Waals surface area contributed by atoms with E-state index >= 15 is 0 Å². The van der Waals surface area contributed by atoms with Crippen molar-refractivity contribution in [2.24, 2.45) is 0 Å². The van der Waals surface area contributed by atoms with Crippen molar-refractivity contribution in [1.82, 2.24) is 4.90 Å². The normalized spacial score (nSPS) is 42.4. The Bertz CT molecular complexity index is 171. The highest BCUT2D eigenvalue weighted by Gasteiger charge is 2.44. The molecule has 0 saturated carbocycles. The van der Waals surface area contributed by atoms with Crippen LogP contribution in [-0.2, 0) is 0 Å². The van der Waals surface area contributed by atoms with Crippen molar-refractivity contribution in [3.05, 3.63) is 0 Å². The molecule has 3 heterocycles. The summed E-state index contributed by atoms with van der Waals surface area (Å²) in [6.07, 6.45) is -0.635. The van der Waals surface area contributed by atoms with Gasteiger partial charge in [-0.3, -0.25) is 4.90 Å². The molecule has 0 spiro atoms. The van der Waals surface area contributed by atoms with Gasteiger partial charge in [0, 0.05) is 19.6 Å². The maximum atomic E-state index is 10.9. The number of amides is 1. The molecule has 11 heavy (non-hydrogen) atoms. The monoisotopic (exact) mass is 157 g/mol. The molecule has 3 saturated heterocycles. The Hall–Kier alpha value is -0.610. The minimum atomic E-state index is -0.635. The fourth-order valence-electron chi connectivity index (χ4n) is 1.96. The summed E-state index contributed by atoms with van der Waals surface area (Å²) in [5.41, 5.74) is 0. The lowest BCUT2D eigenvalue weighted by Gasteiger charge is -2.46. The van der Waals surface area contributed by atoms with Gasteiger partial charge in [-0.25, -0.2) is 4.48 Å². The van der Waals surface area contributed by atoms with E-state index in [-0.39, 0.29) is 0 Å². The summed E-state index contributed by atoms with van der Waals surface area (Å²) in [6.45, 7) is 5.30. The van der Waals surface area contributed by atoms with E-state index in [0.717, 1.165) is 39.3 Å². The van der Waals surface area contributed by atoms with Crippen LogP contribution in [0.5, 0.6) is 0 Å². The fraction of sp³-hybridized carbons (Fsp3) is 0.857. The fourth-order valence-corrected chi connectivity index (χ4v) is 1.96. The third-order valence-electron chi connectivity index (χ3n) is 2.94. The van der Waals surface area contributed by atoms with Crippen molar-refractivity contribution in [3.8, 4) is 0 Å². The summed E-state index contributed by atoms with van der Waals surface area (Å²) in [6, 6.07) is 0. The maximum absolute atomic E-state index is 10.9. The molecule has 1 N–H and O–H groups in total. The predicted octanol–water partition coefficient (Wildman–Crippen LogP) is -0.190. The van der Waals surface area contributed by atoms with Crippen molar-refractivity contribution in [1.29, 1.82) is 0 Å². The second kappa shape index (κ2) is 2.19. The summed E-state index contributed by atoms with van der Waals surface area (Å²) in [5, 5.41) is 8.97. The molecule has 3 aliphatic rings. The summed E-state index contributed by atoms with van der Waals surface area (Å²) in [4.78, 5) is 13.2. The van der Waals surface area contributed by atoms with Gasteiger partial charge in [0.15, 0.2) is 0 Å². The molecule has 0 aromatic carbocycles. The molecule has 4 nitrogen and oxygen atoms in total. The number of fused-ring (bicyclic) bond motifs is 3.